The molecular formula is C15H21NO3. The number of carboxylic acids is 1. The molecule has 0 bridgehead atoms. The molecule has 0 aliphatic heterocycles. The Hall–Kier alpha value is -1.84. The highest BCUT2D eigenvalue weighted by Crippen LogP contribution is 2.31. The van der Waals surface area contributed by atoms with Gasteiger partial charge in [0.1, 0.15) is 0 Å². The fourth-order valence-corrected chi connectivity index (χ4v) is 2.38. The summed E-state index contributed by atoms with van der Waals surface area (Å²) >= 11 is 0. The van der Waals surface area contributed by atoms with E-state index < -0.39 is 11.5 Å². The third-order valence-corrected chi connectivity index (χ3v) is 3.49. The van der Waals surface area contributed by atoms with Crippen LogP contribution in [0.4, 0.5) is 0 Å². The second-order valence-electron chi connectivity index (χ2n) is 4.99. The van der Waals surface area contributed by atoms with E-state index in [2.05, 4.69) is 0 Å². The minimum Gasteiger partial charge on any atom is -0.479 e. The van der Waals surface area contributed by atoms with Crippen molar-refractivity contribution >= 4 is 12.4 Å². The lowest BCUT2D eigenvalue weighted by molar-refractivity contribution is -0.155. The van der Waals surface area contributed by atoms with Gasteiger partial charge < -0.3 is 10.0 Å². The molecule has 4 nitrogen and oxygen atoms in total. The minimum absolute atomic E-state index is 0.416. The molecule has 0 saturated heterocycles. The first kappa shape index (κ1) is 15.2. The van der Waals surface area contributed by atoms with Gasteiger partial charge in [0, 0.05) is 6.54 Å². The number of amides is 1. The van der Waals surface area contributed by atoms with E-state index in [-0.39, 0.29) is 0 Å². The highest BCUT2D eigenvalue weighted by Gasteiger charge is 2.41. The van der Waals surface area contributed by atoms with Crippen molar-refractivity contribution in [2.45, 2.75) is 39.7 Å². The summed E-state index contributed by atoms with van der Waals surface area (Å²) in [5.74, 6) is -1.01. The van der Waals surface area contributed by atoms with Crippen molar-refractivity contribution in [2.24, 2.45) is 0 Å². The number of carbonyl (C=O) groups excluding carboxylic acids is 1. The Morgan fingerprint density at radius 2 is 2.05 bits per heavy atom. The number of carboxylic acid groups (broad SMARTS) is 1. The molecule has 4 heteroatoms. The molecule has 0 radical (unpaired) electrons. The van der Waals surface area contributed by atoms with Gasteiger partial charge in [-0.15, -0.1) is 0 Å². The smallest absolute Gasteiger partial charge is 0.334 e. The highest BCUT2D eigenvalue weighted by atomic mass is 16.4. The van der Waals surface area contributed by atoms with Crippen LogP contribution in [0.1, 0.15) is 37.0 Å². The molecule has 1 aromatic carbocycles. The van der Waals surface area contributed by atoms with E-state index in [1.807, 2.05) is 32.9 Å². The van der Waals surface area contributed by atoms with E-state index in [0.29, 0.717) is 24.9 Å². The van der Waals surface area contributed by atoms with E-state index in [1.54, 1.807) is 13.0 Å². The fraction of sp³-hybridized carbons (Fsp3) is 0.467. The Morgan fingerprint density at radius 3 is 2.47 bits per heavy atom. The number of benzene rings is 1. The zero-order valence-electron chi connectivity index (χ0n) is 11.9. The van der Waals surface area contributed by atoms with Gasteiger partial charge in [-0.05, 0) is 38.3 Å². The third kappa shape index (κ3) is 2.78. The lowest BCUT2D eigenvalue weighted by Crippen LogP contribution is -2.50. The van der Waals surface area contributed by atoms with E-state index in [1.165, 1.54) is 4.90 Å². The molecular weight excluding hydrogens is 242 g/mol. The van der Waals surface area contributed by atoms with Crippen LogP contribution in [-0.4, -0.2) is 28.9 Å². The molecule has 0 fully saturated rings. The molecule has 1 aromatic rings. The number of carbonyl (C=O) groups is 2. The van der Waals surface area contributed by atoms with Gasteiger partial charge >= 0.3 is 5.97 Å². The van der Waals surface area contributed by atoms with Gasteiger partial charge in [0.15, 0.2) is 5.54 Å². The normalized spacial score (nSPS) is 13.7. The van der Waals surface area contributed by atoms with E-state index in [4.69, 9.17) is 0 Å². The SMILES string of the molecule is CCCN(C=O)C(C)(C(=O)O)c1ccc(C)cc1C. The Morgan fingerprint density at radius 1 is 1.42 bits per heavy atom. The van der Waals surface area contributed by atoms with Crippen LogP contribution in [0, 0.1) is 13.8 Å². The van der Waals surface area contributed by atoms with Crippen LogP contribution < -0.4 is 0 Å². The van der Waals surface area contributed by atoms with Crippen LogP contribution in [-0.2, 0) is 15.1 Å². The average Bonchev–Trinajstić information content (AvgIpc) is 2.34. The predicted octanol–water partition coefficient (Wildman–Crippen LogP) is 2.47. The second kappa shape index (κ2) is 5.87. The van der Waals surface area contributed by atoms with Gasteiger partial charge in [-0.25, -0.2) is 4.79 Å². The minimum atomic E-state index is -1.32. The van der Waals surface area contributed by atoms with Crippen LogP contribution in [0.5, 0.6) is 0 Å². The van der Waals surface area contributed by atoms with Gasteiger partial charge in [-0.3, -0.25) is 4.79 Å². The highest BCUT2D eigenvalue weighted by molar-refractivity contribution is 5.83. The summed E-state index contributed by atoms with van der Waals surface area (Å²) < 4.78 is 0. The summed E-state index contributed by atoms with van der Waals surface area (Å²) in [6, 6.07) is 5.61. The topological polar surface area (TPSA) is 57.6 Å². The summed E-state index contributed by atoms with van der Waals surface area (Å²) in [6.07, 6.45) is 1.34. The summed E-state index contributed by atoms with van der Waals surface area (Å²) in [5.41, 5.74) is 1.29. The maximum Gasteiger partial charge on any atom is 0.334 e. The van der Waals surface area contributed by atoms with Crippen molar-refractivity contribution in [3.05, 3.63) is 34.9 Å². The Balaban J connectivity index is 3.40. The Kier molecular flexibility index (Phi) is 4.70. The molecule has 1 N–H and O–H groups in total. The molecule has 0 aliphatic carbocycles. The summed E-state index contributed by atoms with van der Waals surface area (Å²) in [4.78, 5) is 24.3. The fourth-order valence-electron chi connectivity index (χ4n) is 2.38. The van der Waals surface area contributed by atoms with Crippen LogP contribution in [0.15, 0.2) is 18.2 Å². The third-order valence-electron chi connectivity index (χ3n) is 3.49. The standard InChI is InChI=1S/C15H21NO3/c1-5-8-16(10-17)15(4,14(18)19)13-7-6-11(2)9-12(13)3/h6-7,9-10H,5,8H2,1-4H3,(H,18,19). The monoisotopic (exact) mass is 263 g/mol. The molecule has 0 aromatic heterocycles. The molecule has 1 unspecified atom stereocenters. The second-order valence-corrected chi connectivity index (χ2v) is 4.99. The van der Waals surface area contributed by atoms with Gasteiger partial charge in [0.25, 0.3) is 0 Å². The summed E-state index contributed by atoms with van der Waals surface area (Å²) in [7, 11) is 0. The van der Waals surface area contributed by atoms with Gasteiger partial charge in [-0.2, -0.15) is 0 Å². The van der Waals surface area contributed by atoms with Crippen molar-refractivity contribution in [1.29, 1.82) is 0 Å². The summed E-state index contributed by atoms with van der Waals surface area (Å²) in [5, 5.41) is 9.61. The Bertz CT molecular complexity index is 484. The first-order chi connectivity index (χ1) is 8.87. The number of aryl methyl sites for hydroxylation is 2. The van der Waals surface area contributed by atoms with E-state index >= 15 is 0 Å². The lowest BCUT2D eigenvalue weighted by atomic mass is 9.86. The van der Waals surface area contributed by atoms with Crippen molar-refractivity contribution in [2.75, 3.05) is 6.54 Å². The van der Waals surface area contributed by atoms with Crippen LogP contribution in [0.25, 0.3) is 0 Å². The van der Waals surface area contributed by atoms with Crippen LogP contribution in [0.3, 0.4) is 0 Å². The maximum atomic E-state index is 11.7. The van der Waals surface area contributed by atoms with E-state index in [0.717, 1.165) is 11.1 Å². The van der Waals surface area contributed by atoms with Crippen molar-refractivity contribution in [3.8, 4) is 0 Å². The van der Waals surface area contributed by atoms with E-state index in [9.17, 15) is 14.7 Å². The predicted molar refractivity (Wildman–Crippen MR) is 74.0 cm³/mol. The van der Waals surface area contributed by atoms with Gasteiger partial charge in [0.05, 0.1) is 0 Å². The number of nitrogens with zero attached hydrogens (tertiary/aromatic N) is 1. The molecule has 19 heavy (non-hydrogen) atoms. The zero-order valence-corrected chi connectivity index (χ0v) is 11.9. The number of hydrogen-bond acceptors (Lipinski definition) is 2. The van der Waals surface area contributed by atoms with Crippen molar-refractivity contribution < 1.29 is 14.7 Å². The van der Waals surface area contributed by atoms with Crippen molar-refractivity contribution in [1.82, 2.24) is 4.90 Å². The van der Waals surface area contributed by atoms with Crippen LogP contribution >= 0.6 is 0 Å². The van der Waals surface area contributed by atoms with Gasteiger partial charge in [0.2, 0.25) is 6.41 Å². The number of rotatable bonds is 6. The van der Waals surface area contributed by atoms with Gasteiger partial charge in [-0.1, -0.05) is 30.7 Å². The first-order valence-electron chi connectivity index (χ1n) is 6.41. The van der Waals surface area contributed by atoms with Crippen LogP contribution in [0.2, 0.25) is 0 Å². The molecule has 104 valence electrons. The quantitative estimate of drug-likeness (QED) is 0.802. The molecule has 0 aliphatic rings. The molecule has 0 heterocycles. The molecule has 1 atom stereocenters. The zero-order chi connectivity index (χ0) is 14.6. The molecule has 1 amide bonds. The average molecular weight is 263 g/mol. The number of aliphatic carboxylic acids is 1. The summed E-state index contributed by atoms with van der Waals surface area (Å²) in [6.45, 7) is 7.74. The first-order valence-corrected chi connectivity index (χ1v) is 6.41. The number of hydrogen-bond donors (Lipinski definition) is 1. The molecule has 1 rings (SSSR count). The largest absolute Gasteiger partial charge is 0.479 e. The lowest BCUT2D eigenvalue weighted by Gasteiger charge is -2.36. The Labute approximate surface area is 114 Å². The maximum absolute atomic E-state index is 11.7. The molecule has 0 saturated carbocycles. The van der Waals surface area contributed by atoms with Crippen molar-refractivity contribution in [3.63, 3.8) is 0 Å². The molecule has 0 spiro atoms.